The van der Waals surface area contributed by atoms with Crippen molar-refractivity contribution in [2.45, 2.75) is 222 Å². The summed E-state index contributed by atoms with van der Waals surface area (Å²) in [5.41, 5.74) is 10.0. The minimum absolute atomic E-state index is 0. The maximum atomic E-state index is 13.3. The van der Waals surface area contributed by atoms with Gasteiger partial charge in [0.1, 0.15) is 23.0 Å². The van der Waals surface area contributed by atoms with Gasteiger partial charge in [-0.15, -0.1) is 0 Å². The number of hydrogen-bond donors (Lipinski definition) is 0. The molecule has 2 aliphatic rings. The van der Waals surface area contributed by atoms with E-state index < -0.39 is 15.6 Å². The Bertz CT molecular complexity index is 2320. The third-order valence-electron chi connectivity index (χ3n) is 12.9. The van der Waals surface area contributed by atoms with Gasteiger partial charge in [0.05, 0.1) is 0 Å². The summed E-state index contributed by atoms with van der Waals surface area (Å²) in [6.07, 6.45) is 1.06. The molecular weight excluding hydrogens is 927 g/mol. The van der Waals surface area contributed by atoms with Gasteiger partial charge >= 0.3 is 53.4 Å². The molecular formula is C58H84CaO8P2. The van der Waals surface area contributed by atoms with Crippen LogP contribution in [0, 0.1) is 0 Å². The first-order valence-corrected chi connectivity index (χ1v) is 27.2. The van der Waals surface area contributed by atoms with Gasteiger partial charge in [0.25, 0.3) is 0 Å². The van der Waals surface area contributed by atoms with Gasteiger partial charge in [0.2, 0.25) is 0 Å². The minimum Gasteiger partial charge on any atom is -0.736 e. The van der Waals surface area contributed by atoms with Crippen LogP contribution in [0.1, 0.15) is 233 Å². The van der Waals surface area contributed by atoms with Crippen LogP contribution in [-0.2, 0) is 65.3 Å². The van der Waals surface area contributed by atoms with Gasteiger partial charge in [-0.05, 0) is 87.8 Å². The van der Waals surface area contributed by atoms with E-state index in [1.165, 1.54) is 0 Å². The van der Waals surface area contributed by atoms with Gasteiger partial charge in [0, 0.05) is 35.1 Å². The molecule has 2 heterocycles. The minimum atomic E-state index is -4.68. The molecule has 0 spiro atoms. The quantitative estimate of drug-likeness (QED) is 0.126. The van der Waals surface area contributed by atoms with E-state index in [0.717, 1.165) is 66.8 Å². The molecule has 0 unspecified atom stereocenters. The second-order valence-corrected chi connectivity index (χ2v) is 30.2. The zero-order valence-electron chi connectivity index (χ0n) is 46.9. The fourth-order valence-corrected chi connectivity index (χ4v) is 10.4. The second kappa shape index (κ2) is 19.2. The summed E-state index contributed by atoms with van der Waals surface area (Å²) in [7, 11) is -9.35. The zero-order chi connectivity index (χ0) is 52.1. The van der Waals surface area contributed by atoms with Gasteiger partial charge in [-0.2, -0.15) is 0 Å². The molecule has 0 radical (unpaired) electrons. The number of fused-ring (bicyclic) bond motifs is 4. The molecule has 0 aromatic heterocycles. The summed E-state index contributed by atoms with van der Waals surface area (Å²) in [4.78, 5) is 26.5. The van der Waals surface area contributed by atoms with Crippen LogP contribution in [0.5, 0.6) is 23.0 Å². The van der Waals surface area contributed by atoms with E-state index >= 15 is 0 Å². The van der Waals surface area contributed by atoms with Crippen molar-refractivity contribution < 1.29 is 37.0 Å². The van der Waals surface area contributed by atoms with Crippen LogP contribution in [0.4, 0.5) is 0 Å². The van der Waals surface area contributed by atoms with Gasteiger partial charge in [-0.1, -0.05) is 215 Å². The molecule has 4 aromatic carbocycles. The molecule has 4 aromatic rings. The fraction of sp³-hybridized carbons (Fsp3) is 0.586. The van der Waals surface area contributed by atoms with Gasteiger partial charge < -0.3 is 27.9 Å². The molecule has 0 N–H and O–H groups in total. The molecule has 69 heavy (non-hydrogen) atoms. The Hall–Kier alpha value is -2.28. The molecule has 0 fully saturated rings. The van der Waals surface area contributed by atoms with Gasteiger partial charge in [-0.25, -0.2) is 9.13 Å². The standard InChI is InChI=1S/2C29H43O4P.Ca/c2*1-26(2,3)20-14-18-13-19-15-21(27(4,5)6)17-23(29(10,11)12)25(19)33-34(30,31)32-24(18)22(16-20)28(7,8)9;/h2*14-17H,13H2,1-12H3,(H,30,31);/q;;+2/p-2. The van der Waals surface area contributed by atoms with Gasteiger partial charge in [-0.3, -0.25) is 0 Å². The van der Waals surface area contributed by atoms with Crippen molar-refractivity contribution >= 4 is 53.4 Å². The Balaban J connectivity index is 0.000000296. The van der Waals surface area contributed by atoms with E-state index in [0.29, 0.717) is 35.8 Å². The van der Waals surface area contributed by atoms with Gasteiger partial charge in [0.15, 0.2) is 0 Å². The van der Waals surface area contributed by atoms with E-state index in [2.05, 4.69) is 215 Å². The Morgan fingerprint density at radius 3 is 0.609 bits per heavy atom. The molecule has 0 saturated heterocycles. The smallest absolute Gasteiger partial charge is 0.736 e. The molecule has 11 heteroatoms. The predicted molar refractivity (Wildman–Crippen MR) is 284 cm³/mol. The van der Waals surface area contributed by atoms with Crippen LogP contribution in [0.15, 0.2) is 48.5 Å². The SMILES string of the molecule is CC(C)(C)c1cc2c(c(C(C)(C)C)c1)OP(=O)([O-])Oc1c(cc(C(C)(C)C)cc1C(C)(C)C)C2.CC(C)(C)c1cc2c(c(C(C)(C)C)c1)OP(=O)([O-])Oc1c(cc(C(C)(C)C)cc1C(C)(C)C)C2.[Ca+2]. The normalized spacial score (nSPS) is 16.3. The first-order chi connectivity index (χ1) is 30.2. The first-order valence-electron chi connectivity index (χ1n) is 24.3. The van der Waals surface area contributed by atoms with Crippen molar-refractivity contribution in [1.82, 2.24) is 0 Å². The maximum absolute atomic E-state index is 13.3. The van der Waals surface area contributed by atoms with Crippen molar-refractivity contribution in [1.29, 1.82) is 0 Å². The zero-order valence-corrected chi connectivity index (χ0v) is 50.9. The molecule has 0 amide bonds. The Morgan fingerprint density at radius 2 is 0.478 bits per heavy atom. The van der Waals surface area contributed by atoms with Crippen LogP contribution in [0.3, 0.4) is 0 Å². The van der Waals surface area contributed by atoms with Crippen molar-refractivity contribution in [3.05, 3.63) is 115 Å². The summed E-state index contributed by atoms with van der Waals surface area (Å²) < 4.78 is 49.5. The number of hydrogen-bond acceptors (Lipinski definition) is 8. The molecule has 8 nitrogen and oxygen atoms in total. The monoisotopic (exact) mass is 1010 g/mol. The molecule has 6 rings (SSSR count). The summed E-state index contributed by atoms with van der Waals surface area (Å²) >= 11 is 0. The number of benzene rings is 4. The van der Waals surface area contributed by atoms with Crippen molar-refractivity contribution in [3.8, 4) is 23.0 Å². The molecule has 376 valence electrons. The first kappa shape index (κ1) is 59.3. The summed E-state index contributed by atoms with van der Waals surface area (Å²) in [5, 5.41) is 0. The largest absolute Gasteiger partial charge is 2.00 e. The van der Waals surface area contributed by atoms with Crippen molar-refractivity contribution in [2.75, 3.05) is 0 Å². The van der Waals surface area contributed by atoms with E-state index in [4.69, 9.17) is 18.1 Å². The molecule has 0 bridgehead atoms. The fourth-order valence-electron chi connectivity index (χ4n) is 8.57. The summed E-state index contributed by atoms with van der Waals surface area (Å²) in [5.74, 6) is 1.62. The Morgan fingerprint density at radius 1 is 0.319 bits per heavy atom. The van der Waals surface area contributed by atoms with Crippen molar-refractivity contribution in [3.63, 3.8) is 0 Å². The molecule has 0 aliphatic carbocycles. The third kappa shape index (κ3) is 14.1. The third-order valence-corrected chi connectivity index (χ3v) is 14.6. The van der Waals surface area contributed by atoms with Crippen LogP contribution < -0.4 is 27.9 Å². The van der Waals surface area contributed by atoms with E-state index in [1.807, 2.05) is 0 Å². The average molecular weight is 1010 g/mol. The summed E-state index contributed by atoms with van der Waals surface area (Å²) in [6, 6.07) is 16.8. The average Bonchev–Trinajstić information content (AvgIpc) is 3.08. The molecule has 0 atom stereocenters. The number of rotatable bonds is 0. The predicted octanol–water partition coefficient (Wildman–Crippen LogP) is 15.0. The Labute approximate surface area is 447 Å². The van der Waals surface area contributed by atoms with Crippen LogP contribution in [0.25, 0.3) is 0 Å². The van der Waals surface area contributed by atoms with Crippen LogP contribution in [0.2, 0.25) is 0 Å². The topological polar surface area (TPSA) is 117 Å². The molecule has 2 aliphatic heterocycles. The van der Waals surface area contributed by atoms with Crippen LogP contribution in [-0.4, -0.2) is 37.7 Å². The Kier molecular flexibility index (Phi) is 16.5. The second-order valence-electron chi connectivity index (χ2n) is 27.7. The maximum Gasteiger partial charge on any atom is 2.00 e. The number of phosphoric acid groups is 2. The number of phosphoric ester groups is 2. The van der Waals surface area contributed by atoms with Crippen LogP contribution >= 0.6 is 15.6 Å². The van der Waals surface area contributed by atoms with E-state index in [9.17, 15) is 18.9 Å². The summed E-state index contributed by atoms with van der Waals surface area (Å²) in [6.45, 7) is 51.1. The van der Waals surface area contributed by atoms with E-state index in [-0.39, 0.29) is 81.1 Å². The molecule has 0 saturated carbocycles. The van der Waals surface area contributed by atoms with E-state index in [1.54, 1.807) is 0 Å². The van der Waals surface area contributed by atoms with Crippen molar-refractivity contribution in [2.24, 2.45) is 0 Å².